The quantitative estimate of drug-likeness (QED) is 0.768. The van der Waals surface area contributed by atoms with Crippen LogP contribution in [0.3, 0.4) is 0 Å². The molecule has 0 spiro atoms. The van der Waals surface area contributed by atoms with Crippen LogP contribution in [-0.4, -0.2) is 34.8 Å². The van der Waals surface area contributed by atoms with Gasteiger partial charge in [-0.25, -0.2) is 8.42 Å². The number of carbonyl (C=O) groups excluding carboxylic acids is 1. The highest BCUT2D eigenvalue weighted by Crippen LogP contribution is 2.19. The Morgan fingerprint density at radius 3 is 2.57 bits per heavy atom. The van der Waals surface area contributed by atoms with E-state index < -0.39 is 15.7 Å². The molecule has 0 unspecified atom stereocenters. The lowest BCUT2D eigenvalue weighted by Crippen LogP contribution is -2.14. The van der Waals surface area contributed by atoms with Gasteiger partial charge in [-0.3, -0.25) is 4.79 Å². The van der Waals surface area contributed by atoms with Crippen LogP contribution in [0.5, 0.6) is 0 Å². The largest absolute Gasteiger partial charge is 0.369 e. The van der Waals surface area contributed by atoms with Crippen LogP contribution in [0, 0.1) is 0 Å². The Bertz CT molecular complexity index is 741. The molecule has 0 aliphatic heterocycles. The molecule has 0 aliphatic carbocycles. The fourth-order valence-electron chi connectivity index (χ4n) is 1.61. The Morgan fingerprint density at radius 2 is 1.95 bits per heavy atom. The maximum atomic E-state index is 12.3. The molecule has 0 fully saturated rings. The summed E-state index contributed by atoms with van der Waals surface area (Å²) in [7, 11) is -1.83. The Labute approximate surface area is 126 Å². The Morgan fingerprint density at radius 1 is 1.29 bits per heavy atom. The highest BCUT2D eigenvalue weighted by atomic mass is 32.2. The summed E-state index contributed by atoms with van der Waals surface area (Å²) in [5.41, 5.74) is 5.06. The molecule has 1 aromatic carbocycles. The molecular weight excluding hydrogens is 312 g/mol. The van der Waals surface area contributed by atoms with Gasteiger partial charge in [-0.1, -0.05) is 30.0 Å². The van der Waals surface area contributed by atoms with E-state index in [0.29, 0.717) is 11.0 Å². The van der Waals surface area contributed by atoms with Crippen LogP contribution >= 0.6 is 11.8 Å². The van der Waals surface area contributed by atoms with Gasteiger partial charge >= 0.3 is 0 Å². The lowest BCUT2D eigenvalue weighted by atomic mass is 10.4. The van der Waals surface area contributed by atoms with E-state index in [9.17, 15) is 13.2 Å². The SMILES string of the molecule is Cn1c(CS(=O)(=O)c2ccccc2)nnc1SCC(N)=O. The van der Waals surface area contributed by atoms with Crippen molar-refractivity contribution in [1.82, 2.24) is 14.8 Å². The van der Waals surface area contributed by atoms with Gasteiger partial charge in [0, 0.05) is 7.05 Å². The van der Waals surface area contributed by atoms with Crippen molar-refractivity contribution in [3.05, 3.63) is 36.2 Å². The van der Waals surface area contributed by atoms with Crippen molar-refractivity contribution >= 4 is 27.5 Å². The van der Waals surface area contributed by atoms with Gasteiger partial charge in [-0.05, 0) is 12.1 Å². The first kappa shape index (κ1) is 15.5. The summed E-state index contributed by atoms with van der Waals surface area (Å²) in [5, 5.41) is 8.19. The maximum absolute atomic E-state index is 12.3. The predicted molar refractivity (Wildman–Crippen MR) is 78.3 cm³/mol. The molecule has 1 aromatic heterocycles. The van der Waals surface area contributed by atoms with E-state index in [-0.39, 0.29) is 16.4 Å². The summed E-state index contributed by atoms with van der Waals surface area (Å²) in [5.74, 6) is -0.345. The molecule has 9 heteroatoms. The Kier molecular flexibility index (Phi) is 4.63. The summed E-state index contributed by atoms with van der Waals surface area (Å²) >= 11 is 1.12. The summed E-state index contributed by atoms with van der Waals surface area (Å²) in [6, 6.07) is 8.15. The summed E-state index contributed by atoms with van der Waals surface area (Å²) in [6.45, 7) is 0. The topological polar surface area (TPSA) is 108 Å². The van der Waals surface area contributed by atoms with Crippen molar-refractivity contribution in [2.75, 3.05) is 5.75 Å². The Balaban J connectivity index is 2.19. The highest BCUT2D eigenvalue weighted by Gasteiger charge is 2.20. The number of aromatic nitrogens is 3. The molecule has 0 saturated carbocycles. The molecule has 1 amide bonds. The molecule has 0 atom stereocenters. The Hall–Kier alpha value is -1.87. The van der Waals surface area contributed by atoms with E-state index in [1.54, 1.807) is 29.8 Å². The number of sulfone groups is 1. The third-order valence-corrected chi connectivity index (χ3v) is 5.36. The van der Waals surface area contributed by atoms with E-state index in [0.717, 1.165) is 11.8 Å². The summed E-state index contributed by atoms with van der Waals surface area (Å²) in [6.07, 6.45) is 0. The van der Waals surface area contributed by atoms with Crippen molar-refractivity contribution in [2.24, 2.45) is 12.8 Å². The van der Waals surface area contributed by atoms with Gasteiger partial charge in [-0.2, -0.15) is 0 Å². The standard InChI is InChI=1S/C12H14N4O3S2/c1-16-11(14-15-12(16)20-7-10(13)17)8-21(18,19)9-5-3-2-4-6-9/h2-6H,7-8H2,1H3,(H2,13,17). The van der Waals surface area contributed by atoms with Gasteiger partial charge in [0.15, 0.2) is 15.0 Å². The van der Waals surface area contributed by atoms with Gasteiger partial charge in [0.2, 0.25) is 5.91 Å². The van der Waals surface area contributed by atoms with Crippen LogP contribution in [0.1, 0.15) is 5.82 Å². The van der Waals surface area contributed by atoms with Crippen LogP contribution in [0.25, 0.3) is 0 Å². The normalized spacial score (nSPS) is 11.5. The van der Waals surface area contributed by atoms with E-state index in [1.807, 2.05) is 0 Å². The number of rotatable bonds is 6. The molecule has 7 nitrogen and oxygen atoms in total. The van der Waals surface area contributed by atoms with Crippen LogP contribution in [-0.2, 0) is 27.4 Å². The first-order chi connectivity index (χ1) is 9.90. The van der Waals surface area contributed by atoms with E-state index in [4.69, 9.17) is 5.73 Å². The zero-order valence-electron chi connectivity index (χ0n) is 11.3. The third kappa shape index (κ3) is 3.82. The predicted octanol–water partition coefficient (Wildman–Crippen LogP) is 0.366. The van der Waals surface area contributed by atoms with E-state index in [1.165, 1.54) is 12.1 Å². The highest BCUT2D eigenvalue weighted by molar-refractivity contribution is 7.99. The maximum Gasteiger partial charge on any atom is 0.227 e. The zero-order valence-corrected chi connectivity index (χ0v) is 12.9. The van der Waals surface area contributed by atoms with E-state index >= 15 is 0 Å². The van der Waals surface area contributed by atoms with Gasteiger partial charge < -0.3 is 10.3 Å². The van der Waals surface area contributed by atoms with Crippen LogP contribution in [0.2, 0.25) is 0 Å². The summed E-state index contributed by atoms with van der Waals surface area (Å²) in [4.78, 5) is 11.0. The number of carbonyl (C=O) groups is 1. The van der Waals surface area contributed by atoms with Crippen molar-refractivity contribution in [1.29, 1.82) is 0 Å². The molecule has 0 bridgehead atoms. The average molecular weight is 326 g/mol. The first-order valence-electron chi connectivity index (χ1n) is 5.97. The second-order valence-electron chi connectivity index (χ2n) is 4.28. The molecule has 21 heavy (non-hydrogen) atoms. The number of hydrogen-bond acceptors (Lipinski definition) is 6. The van der Waals surface area contributed by atoms with Crippen molar-refractivity contribution in [3.8, 4) is 0 Å². The molecule has 2 N–H and O–H groups in total. The van der Waals surface area contributed by atoms with Gasteiger partial charge in [-0.15, -0.1) is 10.2 Å². The molecule has 1 heterocycles. The number of nitrogens with zero attached hydrogens (tertiary/aromatic N) is 3. The number of benzene rings is 1. The molecule has 0 aliphatic rings. The third-order valence-electron chi connectivity index (χ3n) is 2.69. The minimum Gasteiger partial charge on any atom is -0.369 e. The van der Waals surface area contributed by atoms with Crippen molar-refractivity contribution < 1.29 is 13.2 Å². The second kappa shape index (κ2) is 6.27. The van der Waals surface area contributed by atoms with Crippen LogP contribution < -0.4 is 5.73 Å². The van der Waals surface area contributed by atoms with Gasteiger partial charge in [0.05, 0.1) is 10.6 Å². The number of hydrogen-bond donors (Lipinski definition) is 1. The van der Waals surface area contributed by atoms with Gasteiger partial charge in [0.1, 0.15) is 11.6 Å². The average Bonchev–Trinajstić information content (AvgIpc) is 2.78. The van der Waals surface area contributed by atoms with Crippen molar-refractivity contribution in [3.63, 3.8) is 0 Å². The molecular formula is C12H14N4O3S2. The lowest BCUT2D eigenvalue weighted by molar-refractivity contribution is -0.115. The van der Waals surface area contributed by atoms with Crippen molar-refractivity contribution in [2.45, 2.75) is 15.8 Å². The lowest BCUT2D eigenvalue weighted by Gasteiger charge is -2.05. The first-order valence-corrected chi connectivity index (χ1v) is 8.61. The number of thioether (sulfide) groups is 1. The fourth-order valence-corrected chi connectivity index (χ4v) is 3.61. The monoisotopic (exact) mass is 326 g/mol. The number of nitrogens with two attached hydrogens (primary N) is 1. The van der Waals surface area contributed by atoms with Crippen LogP contribution in [0.15, 0.2) is 40.4 Å². The molecule has 0 radical (unpaired) electrons. The number of primary amides is 1. The zero-order chi connectivity index (χ0) is 15.5. The molecule has 2 aromatic rings. The fraction of sp³-hybridized carbons (Fsp3) is 0.250. The minimum atomic E-state index is -3.48. The minimum absolute atomic E-state index is 0.0669. The molecule has 2 rings (SSSR count). The smallest absolute Gasteiger partial charge is 0.227 e. The van der Waals surface area contributed by atoms with Gasteiger partial charge in [0.25, 0.3) is 0 Å². The second-order valence-corrected chi connectivity index (χ2v) is 7.22. The molecule has 0 saturated heterocycles. The molecule has 112 valence electrons. The summed E-state index contributed by atoms with van der Waals surface area (Å²) < 4.78 is 26.1. The van der Waals surface area contributed by atoms with E-state index in [2.05, 4.69) is 10.2 Å². The van der Waals surface area contributed by atoms with Crippen LogP contribution in [0.4, 0.5) is 0 Å². The number of amides is 1.